The Labute approximate surface area is 134 Å². The highest BCUT2D eigenvalue weighted by Crippen LogP contribution is 2.21. The number of pyridine rings is 1. The molecule has 1 amide bonds. The molecule has 0 aliphatic rings. The minimum atomic E-state index is -0.601. The van der Waals surface area contributed by atoms with E-state index in [0.29, 0.717) is 5.75 Å². The van der Waals surface area contributed by atoms with Gasteiger partial charge in [-0.1, -0.05) is 12.1 Å². The molecule has 0 radical (unpaired) electrons. The van der Waals surface area contributed by atoms with Crippen molar-refractivity contribution in [2.45, 2.75) is 25.1 Å². The van der Waals surface area contributed by atoms with Gasteiger partial charge in [0.05, 0.1) is 11.3 Å². The van der Waals surface area contributed by atoms with Crippen LogP contribution in [-0.2, 0) is 16.1 Å². The van der Waals surface area contributed by atoms with Crippen molar-refractivity contribution < 1.29 is 9.18 Å². The molecule has 116 valence electrons. The van der Waals surface area contributed by atoms with E-state index >= 15 is 0 Å². The van der Waals surface area contributed by atoms with Gasteiger partial charge in [-0.05, 0) is 49.2 Å². The van der Waals surface area contributed by atoms with Crippen LogP contribution in [0.15, 0.2) is 48.8 Å². The second-order valence-corrected chi connectivity index (χ2v) is 6.52. The Morgan fingerprint density at radius 3 is 2.68 bits per heavy atom. The van der Waals surface area contributed by atoms with Gasteiger partial charge in [0.15, 0.2) is 0 Å². The van der Waals surface area contributed by atoms with Gasteiger partial charge in [-0.25, -0.2) is 4.39 Å². The van der Waals surface area contributed by atoms with Crippen LogP contribution in [0.1, 0.15) is 25.0 Å². The van der Waals surface area contributed by atoms with Crippen LogP contribution in [0.25, 0.3) is 0 Å². The lowest BCUT2D eigenvalue weighted by Gasteiger charge is -2.27. The van der Waals surface area contributed by atoms with Crippen molar-refractivity contribution >= 4 is 17.7 Å². The van der Waals surface area contributed by atoms with Crippen molar-refractivity contribution in [1.82, 2.24) is 10.3 Å². The third kappa shape index (κ3) is 4.84. The summed E-state index contributed by atoms with van der Waals surface area (Å²) < 4.78 is 13.3. The quantitative estimate of drug-likeness (QED) is 0.886. The number of nitrogens with zero attached hydrogens (tertiary/aromatic N) is 1. The fourth-order valence-corrected chi connectivity index (χ4v) is 2.86. The molecule has 0 aliphatic carbocycles. The molecular weight excluding hydrogens is 299 g/mol. The third-order valence-electron chi connectivity index (χ3n) is 3.25. The zero-order valence-electron chi connectivity index (χ0n) is 12.7. The largest absolute Gasteiger partial charge is 0.346 e. The molecule has 0 bridgehead atoms. The molecule has 1 aromatic heterocycles. The lowest BCUT2D eigenvalue weighted by atomic mass is 9.94. The highest BCUT2D eigenvalue weighted by atomic mass is 32.2. The van der Waals surface area contributed by atoms with Gasteiger partial charge < -0.3 is 5.32 Å². The number of hydrogen-bond acceptors (Lipinski definition) is 3. The monoisotopic (exact) mass is 318 g/mol. The van der Waals surface area contributed by atoms with Crippen LogP contribution in [0.3, 0.4) is 0 Å². The molecule has 3 nitrogen and oxygen atoms in total. The first-order chi connectivity index (χ1) is 10.5. The molecule has 2 rings (SSSR count). The van der Waals surface area contributed by atoms with Crippen LogP contribution in [0.5, 0.6) is 0 Å². The maximum atomic E-state index is 13.3. The maximum Gasteiger partial charge on any atom is 0.230 e. The first-order valence-electron chi connectivity index (χ1n) is 7.01. The molecule has 22 heavy (non-hydrogen) atoms. The SMILES string of the molecule is CC(C)(NC(=O)CSCc1ccncc1)c1cccc(F)c1. The van der Waals surface area contributed by atoms with E-state index in [2.05, 4.69) is 10.3 Å². The summed E-state index contributed by atoms with van der Waals surface area (Å²) in [5.74, 6) is 0.762. The van der Waals surface area contributed by atoms with Crippen LogP contribution < -0.4 is 5.32 Å². The average Bonchev–Trinajstić information content (AvgIpc) is 2.48. The molecular formula is C17H19FN2OS. The Morgan fingerprint density at radius 2 is 2.00 bits per heavy atom. The molecule has 0 saturated heterocycles. The van der Waals surface area contributed by atoms with E-state index in [1.807, 2.05) is 32.0 Å². The van der Waals surface area contributed by atoms with Crippen molar-refractivity contribution in [2.24, 2.45) is 0 Å². The molecule has 0 atom stereocenters. The number of benzene rings is 1. The predicted octanol–water partition coefficient (Wildman–Crippen LogP) is 3.51. The van der Waals surface area contributed by atoms with Crippen LogP contribution in [-0.4, -0.2) is 16.6 Å². The summed E-state index contributed by atoms with van der Waals surface area (Å²) in [5.41, 5.74) is 1.29. The van der Waals surface area contributed by atoms with E-state index in [0.717, 1.165) is 16.9 Å². The normalized spacial score (nSPS) is 11.2. The molecule has 5 heteroatoms. The summed E-state index contributed by atoms with van der Waals surface area (Å²) in [6, 6.07) is 10.2. The highest BCUT2D eigenvalue weighted by molar-refractivity contribution is 7.99. The molecule has 0 unspecified atom stereocenters. The summed E-state index contributed by atoms with van der Waals surface area (Å²) in [6.45, 7) is 3.74. The first-order valence-corrected chi connectivity index (χ1v) is 8.16. The Morgan fingerprint density at radius 1 is 1.27 bits per heavy atom. The standard InChI is InChI=1S/C17H19FN2OS/c1-17(2,14-4-3-5-15(18)10-14)20-16(21)12-22-11-13-6-8-19-9-7-13/h3-10H,11-12H2,1-2H3,(H,20,21). The molecule has 0 aliphatic heterocycles. The number of carbonyl (C=O) groups excluding carboxylic acids is 1. The molecule has 1 N–H and O–H groups in total. The number of carbonyl (C=O) groups is 1. The van der Waals surface area contributed by atoms with Crippen LogP contribution in [0.4, 0.5) is 4.39 Å². The van der Waals surface area contributed by atoms with E-state index < -0.39 is 5.54 Å². The number of nitrogens with one attached hydrogen (secondary N) is 1. The van der Waals surface area contributed by atoms with Crippen LogP contribution >= 0.6 is 11.8 Å². The van der Waals surface area contributed by atoms with Gasteiger partial charge in [-0.2, -0.15) is 0 Å². The number of thioether (sulfide) groups is 1. The summed E-state index contributed by atoms with van der Waals surface area (Å²) in [6.07, 6.45) is 3.48. The van der Waals surface area contributed by atoms with Crippen LogP contribution in [0, 0.1) is 5.82 Å². The minimum Gasteiger partial charge on any atom is -0.346 e. The van der Waals surface area contributed by atoms with E-state index in [1.165, 1.54) is 23.9 Å². The van der Waals surface area contributed by atoms with Gasteiger partial charge in [0.25, 0.3) is 0 Å². The average molecular weight is 318 g/mol. The van der Waals surface area contributed by atoms with Crippen LogP contribution in [0.2, 0.25) is 0 Å². The summed E-state index contributed by atoms with van der Waals surface area (Å²) >= 11 is 1.54. The summed E-state index contributed by atoms with van der Waals surface area (Å²) in [5, 5.41) is 2.95. The fraction of sp³-hybridized carbons (Fsp3) is 0.294. The number of halogens is 1. The van der Waals surface area contributed by atoms with E-state index in [4.69, 9.17) is 0 Å². The van der Waals surface area contributed by atoms with Gasteiger partial charge in [0, 0.05) is 18.1 Å². The lowest BCUT2D eigenvalue weighted by Crippen LogP contribution is -2.42. The second kappa shape index (κ2) is 7.40. The highest BCUT2D eigenvalue weighted by Gasteiger charge is 2.23. The van der Waals surface area contributed by atoms with Crippen molar-refractivity contribution in [3.05, 3.63) is 65.7 Å². The molecule has 0 spiro atoms. The minimum absolute atomic E-state index is 0.0617. The van der Waals surface area contributed by atoms with Crippen molar-refractivity contribution in [2.75, 3.05) is 5.75 Å². The third-order valence-corrected chi connectivity index (χ3v) is 4.25. The zero-order valence-corrected chi connectivity index (χ0v) is 13.5. The Bertz CT molecular complexity index is 632. The number of amides is 1. The van der Waals surface area contributed by atoms with E-state index in [9.17, 15) is 9.18 Å². The van der Waals surface area contributed by atoms with Crippen molar-refractivity contribution in [3.8, 4) is 0 Å². The van der Waals surface area contributed by atoms with Gasteiger partial charge in [-0.3, -0.25) is 9.78 Å². The molecule has 0 saturated carbocycles. The van der Waals surface area contributed by atoms with Crippen molar-refractivity contribution in [3.63, 3.8) is 0 Å². The van der Waals surface area contributed by atoms with E-state index in [-0.39, 0.29) is 11.7 Å². The molecule has 2 aromatic rings. The number of rotatable bonds is 6. The number of hydrogen-bond donors (Lipinski definition) is 1. The Kier molecular flexibility index (Phi) is 5.55. The summed E-state index contributed by atoms with van der Waals surface area (Å²) in [4.78, 5) is 16.0. The lowest BCUT2D eigenvalue weighted by molar-refractivity contribution is -0.120. The van der Waals surface area contributed by atoms with Gasteiger partial charge in [0.1, 0.15) is 5.82 Å². The topological polar surface area (TPSA) is 42.0 Å². The molecule has 1 aromatic carbocycles. The first kappa shape index (κ1) is 16.5. The molecule has 1 heterocycles. The maximum absolute atomic E-state index is 13.3. The number of aromatic nitrogens is 1. The van der Waals surface area contributed by atoms with Gasteiger partial charge >= 0.3 is 0 Å². The Balaban J connectivity index is 1.85. The van der Waals surface area contributed by atoms with Crippen molar-refractivity contribution in [1.29, 1.82) is 0 Å². The van der Waals surface area contributed by atoms with Gasteiger partial charge in [-0.15, -0.1) is 11.8 Å². The Hall–Kier alpha value is -1.88. The molecule has 0 fully saturated rings. The van der Waals surface area contributed by atoms with E-state index in [1.54, 1.807) is 18.5 Å². The second-order valence-electron chi connectivity index (χ2n) is 5.53. The predicted molar refractivity (Wildman–Crippen MR) is 88.0 cm³/mol. The summed E-state index contributed by atoms with van der Waals surface area (Å²) in [7, 11) is 0. The fourth-order valence-electron chi connectivity index (χ4n) is 2.07. The zero-order chi connectivity index (χ0) is 16.0. The van der Waals surface area contributed by atoms with Gasteiger partial charge in [0.2, 0.25) is 5.91 Å². The smallest absolute Gasteiger partial charge is 0.230 e.